The number of hydrogen-bond donors (Lipinski definition) is 1. The number of fused-ring (bicyclic) bond motifs is 1. The maximum absolute atomic E-state index is 4.71. The summed E-state index contributed by atoms with van der Waals surface area (Å²) in [5.41, 5.74) is 4.80. The minimum Gasteiger partial charge on any atom is -0.386 e. The van der Waals surface area contributed by atoms with Crippen LogP contribution in [0.2, 0.25) is 0 Å². The van der Waals surface area contributed by atoms with Crippen LogP contribution in [0, 0.1) is 0 Å². The van der Waals surface area contributed by atoms with Crippen LogP contribution < -0.4 is 5.32 Å². The standard InChI is InChI=1S/C15H12BrN3/c1-17-13-7-8-18-14-6-5-12(19-15(13)14)10-3-2-4-11(16)9-10/h2-9H,1H3,(H,17,18). The molecular formula is C15H12BrN3. The lowest BCUT2D eigenvalue weighted by Crippen LogP contribution is -1.94. The number of halogens is 1. The van der Waals surface area contributed by atoms with Crippen molar-refractivity contribution in [1.29, 1.82) is 0 Å². The highest BCUT2D eigenvalue weighted by Gasteiger charge is 2.05. The summed E-state index contributed by atoms with van der Waals surface area (Å²) in [7, 11) is 1.89. The van der Waals surface area contributed by atoms with Crippen molar-refractivity contribution in [3.05, 3.63) is 53.1 Å². The molecule has 2 aromatic heterocycles. The van der Waals surface area contributed by atoms with E-state index in [1.807, 2.05) is 43.4 Å². The molecule has 94 valence electrons. The fourth-order valence-electron chi connectivity index (χ4n) is 2.04. The molecule has 1 aromatic carbocycles. The minimum atomic E-state index is 0.891. The third-order valence-electron chi connectivity index (χ3n) is 2.97. The highest BCUT2D eigenvalue weighted by atomic mass is 79.9. The lowest BCUT2D eigenvalue weighted by Gasteiger charge is -2.07. The van der Waals surface area contributed by atoms with E-state index in [2.05, 4.69) is 32.3 Å². The largest absolute Gasteiger partial charge is 0.386 e. The maximum atomic E-state index is 4.71. The number of rotatable bonds is 2. The molecule has 0 unspecified atom stereocenters. The van der Waals surface area contributed by atoms with Gasteiger partial charge in [-0.05, 0) is 30.3 Å². The van der Waals surface area contributed by atoms with Crippen molar-refractivity contribution in [2.75, 3.05) is 12.4 Å². The Balaban J connectivity index is 2.21. The van der Waals surface area contributed by atoms with Crippen LogP contribution in [-0.4, -0.2) is 17.0 Å². The first-order chi connectivity index (χ1) is 9.28. The molecule has 1 N–H and O–H groups in total. The van der Waals surface area contributed by atoms with Gasteiger partial charge in [-0.2, -0.15) is 0 Å². The molecule has 3 rings (SSSR count). The lowest BCUT2D eigenvalue weighted by atomic mass is 10.1. The third kappa shape index (κ3) is 2.31. The van der Waals surface area contributed by atoms with Gasteiger partial charge >= 0.3 is 0 Å². The van der Waals surface area contributed by atoms with E-state index in [4.69, 9.17) is 4.98 Å². The molecule has 0 amide bonds. The fraction of sp³-hybridized carbons (Fsp3) is 0.0667. The Hall–Kier alpha value is -1.94. The second kappa shape index (κ2) is 4.97. The van der Waals surface area contributed by atoms with E-state index in [0.717, 1.165) is 32.5 Å². The van der Waals surface area contributed by atoms with E-state index in [1.165, 1.54) is 0 Å². The highest BCUT2D eigenvalue weighted by molar-refractivity contribution is 9.10. The van der Waals surface area contributed by atoms with Gasteiger partial charge in [0, 0.05) is 23.3 Å². The normalized spacial score (nSPS) is 10.6. The van der Waals surface area contributed by atoms with E-state index in [1.54, 1.807) is 6.20 Å². The van der Waals surface area contributed by atoms with Crippen LogP contribution in [0.15, 0.2) is 53.1 Å². The summed E-state index contributed by atoms with van der Waals surface area (Å²) in [4.78, 5) is 9.04. The van der Waals surface area contributed by atoms with Gasteiger partial charge in [-0.3, -0.25) is 4.98 Å². The number of aromatic nitrogens is 2. The van der Waals surface area contributed by atoms with Gasteiger partial charge in [-0.25, -0.2) is 4.98 Å². The summed E-state index contributed by atoms with van der Waals surface area (Å²) in [6, 6.07) is 14.0. The summed E-state index contributed by atoms with van der Waals surface area (Å²) in [5, 5.41) is 3.15. The zero-order valence-corrected chi connectivity index (χ0v) is 12.0. The van der Waals surface area contributed by atoms with E-state index in [9.17, 15) is 0 Å². The molecule has 0 radical (unpaired) electrons. The fourth-order valence-corrected chi connectivity index (χ4v) is 2.43. The Kier molecular flexibility index (Phi) is 3.17. The molecule has 0 saturated heterocycles. The van der Waals surface area contributed by atoms with E-state index in [-0.39, 0.29) is 0 Å². The van der Waals surface area contributed by atoms with Gasteiger partial charge in [-0.15, -0.1) is 0 Å². The Morgan fingerprint density at radius 1 is 1.11 bits per heavy atom. The van der Waals surface area contributed by atoms with Crippen molar-refractivity contribution < 1.29 is 0 Å². The Labute approximate surface area is 119 Å². The molecule has 0 bridgehead atoms. The number of hydrogen-bond acceptors (Lipinski definition) is 3. The first kappa shape index (κ1) is 12.1. The molecule has 0 saturated carbocycles. The summed E-state index contributed by atoms with van der Waals surface area (Å²) in [5.74, 6) is 0. The van der Waals surface area contributed by atoms with Crippen molar-refractivity contribution in [2.45, 2.75) is 0 Å². The van der Waals surface area contributed by atoms with Crippen molar-refractivity contribution in [3.8, 4) is 11.3 Å². The molecule has 4 heteroatoms. The van der Waals surface area contributed by atoms with E-state index >= 15 is 0 Å². The van der Waals surface area contributed by atoms with Crippen molar-refractivity contribution >= 4 is 32.7 Å². The first-order valence-electron chi connectivity index (χ1n) is 5.97. The second-order valence-electron chi connectivity index (χ2n) is 4.18. The number of benzene rings is 1. The Bertz CT molecular complexity index is 740. The van der Waals surface area contributed by atoms with Crippen LogP contribution in [-0.2, 0) is 0 Å². The Morgan fingerprint density at radius 3 is 2.79 bits per heavy atom. The van der Waals surface area contributed by atoms with Crippen molar-refractivity contribution in [2.24, 2.45) is 0 Å². The molecule has 3 aromatic rings. The average Bonchev–Trinajstić information content (AvgIpc) is 2.46. The van der Waals surface area contributed by atoms with Crippen LogP contribution in [0.1, 0.15) is 0 Å². The molecule has 0 atom stereocenters. The van der Waals surface area contributed by atoms with Gasteiger partial charge in [0.05, 0.1) is 16.9 Å². The SMILES string of the molecule is CNc1ccnc2ccc(-c3cccc(Br)c3)nc12. The zero-order chi connectivity index (χ0) is 13.2. The number of anilines is 1. The maximum Gasteiger partial charge on any atom is 0.112 e. The smallest absolute Gasteiger partial charge is 0.112 e. The van der Waals surface area contributed by atoms with Gasteiger partial charge in [-0.1, -0.05) is 28.1 Å². The number of nitrogens with zero attached hydrogens (tertiary/aromatic N) is 2. The van der Waals surface area contributed by atoms with Crippen molar-refractivity contribution in [3.63, 3.8) is 0 Å². The molecule has 0 spiro atoms. The van der Waals surface area contributed by atoms with Gasteiger partial charge < -0.3 is 5.32 Å². The van der Waals surface area contributed by atoms with Crippen LogP contribution in [0.25, 0.3) is 22.3 Å². The molecule has 3 nitrogen and oxygen atoms in total. The molecule has 0 aliphatic rings. The molecule has 2 heterocycles. The van der Waals surface area contributed by atoms with Gasteiger partial charge in [0.1, 0.15) is 5.52 Å². The molecule has 0 aliphatic heterocycles. The summed E-state index contributed by atoms with van der Waals surface area (Å²) < 4.78 is 1.05. The predicted molar refractivity (Wildman–Crippen MR) is 82.2 cm³/mol. The Morgan fingerprint density at radius 2 is 2.00 bits per heavy atom. The molecule has 0 aliphatic carbocycles. The second-order valence-corrected chi connectivity index (χ2v) is 5.10. The topological polar surface area (TPSA) is 37.8 Å². The van der Waals surface area contributed by atoms with Gasteiger partial charge in [0.2, 0.25) is 0 Å². The van der Waals surface area contributed by atoms with Crippen molar-refractivity contribution in [1.82, 2.24) is 9.97 Å². The monoisotopic (exact) mass is 313 g/mol. The van der Waals surface area contributed by atoms with Crippen LogP contribution in [0.4, 0.5) is 5.69 Å². The van der Waals surface area contributed by atoms with Crippen LogP contribution >= 0.6 is 15.9 Å². The van der Waals surface area contributed by atoms with Gasteiger partial charge in [0.15, 0.2) is 0 Å². The summed E-state index contributed by atoms with van der Waals surface area (Å²) in [6.45, 7) is 0. The first-order valence-corrected chi connectivity index (χ1v) is 6.77. The van der Waals surface area contributed by atoms with E-state index < -0.39 is 0 Å². The summed E-state index contributed by atoms with van der Waals surface area (Å²) in [6.07, 6.45) is 1.79. The lowest BCUT2D eigenvalue weighted by molar-refractivity contribution is 1.32. The zero-order valence-electron chi connectivity index (χ0n) is 10.4. The molecular weight excluding hydrogens is 302 g/mol. The predicted octanol–water partition coefficient (Wildman–Crippen LogP) is 4.10. The number of pyridine rings is 2. The van der Waals surface area contributed by atoms with Crippen LogP contribution in [0.5, 0.6) is 0 Å². The highest BCUT2D eigenvalue weighted by Crippen LogP contribution is 2.25. The quantitative estimate of drug-likeness (QED) is 0.774. The van der Waals surface area contributed by atoms with Gasteiger partial charge in [0.25, 0.3) is 0 Å². The molecule has 0 fully saturated rings. The van der Waals surface area contributed by atoms with Crippen LogP contribution in [0.3, 0.4) is 0 Å². The number of nitrogens with one attached hydrogen (secondary N) is 1. The summed E-state index contributed by atoms with van der Waals surface area (Å²) >= 11 is 3.48. The molecule has 19 heavy (non-hydrogen) atoms. The van der Waals surface area contributed by atoms with E-state index in [0.29, 0.717) is 0 Å². The average molecular weight is 314 g/mol. The third-order valence-corrected chi connectivity index (χ3v) is 3.47. The minimum absolute atomic E-state index is 0.891.